The van der Waals surface area contributed by atoms with Gasteiger partial charge in [0, 0.05) is 30.3 Å². The molecule has 1 aliphatic heterocycles. The van der Waals surface area contributed by atoms with Crippen LogP contribution in [-0.2, 0) is 16.1 Å². The Kier molecular flexibility index (Phi) is 6.39. The first kappa shape index (κ1) is 19.0. The molecule has 0 spiro atoms. The molecule has 3 rings (SSSR count). The highest BCUT2D eigenvalue weighted by molar-refractivity contribution is 8.00. The largest absolute Gasteiger partial charge is 0.378 e. The molecule has 1 atom stereocenters. The number of aromatic nitrogens is 3. The average molecular weight is 396 g/mol. The van der Waals surface area contributed by atoms with Crippen LogP contribution in [0.1, 0.15) is 13.8 Å². The summed E-state index contributed by atoms with van der Waals surface area (Å²) in [7, 11) is 0. The molecule has 1 aliphatic rings. The van der Waals surface area contributed by atoms with Gasteiger partial charge in [0.25, 0.3) is 0 Å². The third kappa shape index (κ3) is 4.49. The van der Waals surface area contributed by atoms with E-state index in [2.05, 4.69) is 20.4 Å². The van der Waals surface area contributed by atoms with Crippen LogP contribution in [0.4, 0.5) is 11.6 Å². The molecular weight excluding hydrogens is 374 g/mol. The number of amides is 1. The van der Waals surface area contributed by atoms with Crippen LogP contribution in [-0.4, -0.2) is 52.2 Å². The van der Waals surface area contributed by atoms with Crippen molar-refractivity contribution in [3.63, 3.8) is 0 Å². The van der Waals surface area contributed by atoms with E-state index >= 15 is 0 Å². The van der Waals surface area contributed by atoms with E-state index in [9.17, 15) is 4.79 Å². The predicted molar refractivity (Wildman–Crippen MR) is 104 cm³/mol. The Hall–Kier alpha value is -1.77. The normalized spacial score (nSPS) is 15.7. The van der Waals surface area contributed by atoms with Gasteiger partial charge in [-0.1, -0.05) is 29.4 Å². The third-order valence-corrected chi connectivity index (χ3v) is 5.37. The molecule has 2 heterocycles. The molecule has 0 saturated carbocycles. The van der Waals surface area contributed by atoms with Crippen molar-refractivity contribution in [3.05, 3.63) is 29.3 Å². The Morgan fingerprint density at radius 1 is 1.38 bits per heavy atom. The Morgan fingerprint density at radius 2 is 2.15 bits per heavy atom. The molecule has 1 aromatic carbocycles. The first-order valence-corrected chi connectivity index (χ1v) is 9.83. The van der Waals surface area contributed by atoms with Gasteiger partial charge in [-0.2, -0.15) is 0 Å². The summed E-state index contributed by atoms with van der Waals surface area (Å²) in [4.78, 5) is 14.6. The lowest BCUT2D eigenvalue weighted by atomic mass is 10.3. The summed E-state index contributed by atoms with van der Waals surface area (Å²) in [6, 6.07) is 7.11. The molecule has 1 saturated heterocycles. The van der Waals surface area contributed by atoms with Crippen LogP contribution in [0.2, 0.25) is 5.02 Å². The molecule has 1 amide bonds. The van der Waals surface area contributed by atoms with Crippen molar-refractivity contribution in [2.24, 2.45) is 0 Å². The van der Waals surface area contributed by atoms with Crippen molar-refractivity contribution in [3.8, 4) is 0 Å². The maximum Gasteiger partial charge on any atom is 0.237 e. The lowest BCUT2D eigenvalue weighted by Crippen LogP contribution is -2.38. The van der Waals surface area contributed by atoms with E-state index in [0.29, 0.717) is 23.9 Å². The topological polar surface area (TPSA) is 72.3 Å². The van der Waals surface area contributed by atoms with Gasteiger partial charge in [-0.3, -0.25) is 9.36 Å². The summed E-state index contributed by atoms with van der Waals surface area (Å²) in [5, 5.41) is 12.5. The molecule has 0 bridgehead atoms. The number of hydrogen-bond donors (Lipinski definition) is 1. The zero-order valence-corrected chi connectivity index (χ0v) is 16.4. The highest BCUT2D eigenvalue weighted by Gasteiger charge is 2.23. The van der Waals surface area contributed by atoms with Crippen LogP contribution in [0, 0.1) is 0 Å². The van der Waals surface area contributed by atoms with Crippen molar-refractivity contribution in [1.29, 1.82) is 0 Å². The summed E-state index contributed by atoms with van der Waals surface area (Å²) in [5.74, 6) is 0.733. The number of halogens is 1. The molecule has 1 N–H and O–H groups in total. The molecule has 1 aromatic heterocycles. The van der Waals surface area contributed by atoms with Gasteiger partial charge in [-0.25, -0.2) is 0 Å². The number of ether oxygens (including phenoxy) is 1. The van der Waals surface area contributed by atoms with Gasteiger partial charge in [0.05, 0.1) is 18.5 Å². The Bertz CT molecular complexity index is 763. The van der Waals surface area contributed by atoms with Crippen molar-refractivity contribution in [2.75, 3.05) is 36.5 Å². The minimum atomic E-state index is -0.318. The SMILES string of the molecule is CCn1c(SC(C)C(=O)Nc2cccc(Cl)c2)nnc1N1CCOCC1. The minimum absolute atomic E-state index is 0.101. The number of morpholine rings is 1. The number of hydrogen-bond acceptors (Lipinski definition) is 6. The second kappa shape index (κ2) is 8.75. The molecule has 1 unspecified atom stereocenters. The van der Waals surface area contributed by atoms with Gasteiger partial charge >= 0.3 is 0 Å². The van der Waals surface area contributed by atoms with Gasteiger partial charge in [-0.15, -0.1) is 10.2 Å². The summed E-state index contributed by atoms with van der Waals surface area (Å²) >= 11 is 7.36. The van der Waals surface area contributed by atoms with Crippen molar-refractivity contribution < 1.29 is 9.53 Å². The Labute approximate surface area is 162 Å². The van der Waals surface area contributed by atoms with Crippen LogP contribution >= 0.6 is 23.4 Å². The summed E-state index contributed by atoms with van der Waals surface area (Å²) < 4.78 is 7.44. The van der Waals surface area contributed by atoms with Crippen molar-refractivity contribution >= 4 is 40.9 Å². The zero-order chi connectivity index (χ0) is 18.5. The molecule has 7 nitrogen and oxygen atoms in total. The van der Waals surface area contributed by atoms with E-state index in [1.54, 1.807) is 18.2 Å². The molecule has 0 radical (unpaired) electrons. The van der Waals surface area contributed by atoms with E-state index in [-0.39, 0.29) is 11.2 Å². The van der Waals surface area contributed by atoms with E-state index < -0.39 is 0 Å². The number of benzene rings is 1. The minimum Gasteiger partial charge on any atom is -0.378 e. The fraction of sp³-hybridized carbons (Fsp3) is 0.471. The van der Waals surface area contributed by atoms with E-state index in [4.69, 9.17) is 16.3 Å². The number of nitrogens with zero attached hydrogens (tertiary/aromatic N) is 4. The van der Waals surface area contributed by atoms with Crippen LogP contribution in [0.5, 0.6) is 0 Å². The van der Waals surface area contributed by atoms with Crippen molar-refractivity contribution in [1.82, 2.24) is 14.8 Å². The number of carbonyl (C=O) groups excluding carboxylic acids is 1. The molecule has 140 valence electrons. The standard InChI is InChI=1S/C17H22ClN5O2S/c1-3-23-16(22-7-9-25-10-8-22)20-21-17(23)26-12(2)15(24)19-14-6-4-5-13(18)11-14/h4-6,11-12H,3,7-10H2,1-2H3,(H,19,24). The molecule has 1 fully saturated rings. The molecule has 9 heteroatoms. The highest BCUT2D eigenvalue weighted by Crippen LogP contribution is 2.27. The molecule has 2 aromatic rings. The zero-order valence-electron chi connectivity index (χ0n) is 14.8. The first-order valence-electron chi connectivity index (χ1n) is 8.57. The number of carbonyl (C=O) groups is 1. The smallest absolute Gasteiger partial charge is 0.237 e. The maximum atomic E-state index is 12.5. The summed E-state index contributed by atoms with van der Waals surface area (Å²) in [5.41, 5.74) is 0.681. The fourth-order valence-corrected chi connectivity index (χ4v) is 3.76. The predicted octanol–water partition coefficient (Wildman–Crippen LogP) is 2.91. The van der Waals surface area contributed by atoms with Crippen LogP contribution in [0.3, 0.4) is 0 Å². The third-order valence-electron chi connectivity index (χ3n) is 4.05. The van der Waals surface area contributed by atoms with Gasteiger partial charge in [0.1, 0.15) is 0 Å². The molecular formula is C17H22ClN5O2S. The second-order valence-electron chi connectivity index (χ2n) is 5.89. The number of thioether (sulfide) groups is 1. The van der Waals surface area contributed by atoms with Crippen LogP contribution in [0.25, 0.3) is 0 Å². The van der Waals surface area contributed by atoms with Gasteiger partial charge in [0.2, 0.25) is 11.9 Å². The maximum absolute atomic E-state index is 12.5. The lowest BCUT2D eigenvalue weighted by molar-refractivity contribution is -0.115. The summed E-state index contributed by atoms with van der Waals surface area (Å²) in [6.45, 7) is 7.63. The Balaban J connectivity index is 1.67. The number of anilines is 2. The van der Waals surface area contributed by atoms with Crippen LogP contribution in [0.15, 0.2) is 29.4 Å². The first-order chi connectivity index (χ1) is 12.6. The van der Waals surface area contributed by atoms with Gasteiger partial charge in [0.15, 0.2) is 5.16 Å². The Morgan fingerprint density at radius 3 is 2.85 bits per heavy atom. The van der Waals surface area contributed by atoms with E-state index in [1.165, 1.54) is 11.8 Å². The summed E-state index contributed by atoms with van der Waals surface area (Å²) in [6.07, 6.45) is 0. The van der Waals surface area contributed by atoms with E-state index in [0.717, 1.165) is 30.7 Å². The quantitative estimate of drug-likeness (QED) is 0.758. The van der Waals surface area contributed by atoms with Crippen molar-refractivity contribution in [2.45, 2.75) is 30.8 Å². The average Bonchev–Trinajstić information content (AvgIpc) is 3.05. The van der Waals surface area contributed by atoms with E-state index in [1.807, 2.05) is 24.5 Å². The number of nitrogens with one attached hydrogen (secondary N) is 1. The van der Waals surface area contributed by atoms with Gasteiger partial charge < -0.3 is 15.0 Å². The monoisotopic (exact) mass is 395 g/mol. The second-order valence-corrected chi connectivity index (χ2v) is 7.63. The number of rotatable bonds is 6. The highest BCUT2D eigenvalue weighted by atomic mass is 35.5. The van der Waals surface area contributed by atoms with Gasteiger partial charge in [-0.05, 0) is 32.0 Å². The lowest BCUT2D eigenvalue weighted by Gasteiger charge is -2.27. The van der Waals surface area contributed by atoms with Crippen LogP contribution < -0.4 is 10.2 Å². The molecule has 0 aliphatic carbocycles. The fourth-order valence-electron chi connectivity index (χ4n) is 2.66. The molecule has 26 heavy (non-hydrogen) atoms.